The van der Waals surface area contributed by atoms with Gasteiger partial charge in [-0.3, -0.25) is 4.68 Å². The van der Waals surface area contributed by atoms with Gasteiger partial charge >= 0.3 is 0 Å². The van der Waals surface area contributed by atoms with E-state index in [2.05, 4.69) is 41.6 Å². The second-order valence-electron chi connectivity index (χ2n) is 4.91. The van der Waals surface area contributed by atoms with Crippen molar-refractivity contribution < 1.29 is 4.74 Å². The molecule has 1 N–H and O–H groups in total. The summed E-state index contributed by atoms with van der Waals surface area (Å²) in [6, 6.07) is 8.45. The second-order valence-corrected chi connectivity index (χ2v) is 4.91. The number of ether oxygens (including phenoxy) is 1. The Labute approximate surface area is 120 Å². The van der Waals surface area contributed by atoms with Gasteiger partial charge in [-0.1, -0.05) is 31.2 Å². The van der Waals surface area contributed by atoms with E-state index in [1.54, 1.807) is 10.9 Å². The fourth-order valence-corrected chi connectivity index (χ4v) is 2.10. The van der Waals surface area contributed by atoms with Gasteiger partial charge in [-0.25, -0.2) is 0 Å². The van der Waals surface area contributed by atoms with Crippen LogP contribution < -0.4 is 10.1 Å². The van der Waals surface area contributed by atoms with Gasteiger partial charge in [-0.15, -0.1) is 0 Å². The van der Waals surface area contributed by atoms with E-state index >= 15 is 0 Å². The van der Waals surface area contributed by atoms with Gasteiger partial charge in [0.05, 0.1) is 12.4 Å². The van der Waals surface area contributed by atoms with Crippen molar-refractivity contribution in [2.24, 2.45) is 7.05 Å². The first-order valence-electron chi connectivity index (χ1n) is 7.18. The van der Waals surface area contributed by atoms with Crippen molar-refractivity contribution in [2.75, 3.05) is 13.1 Å². The van der Waals surface area contributed by atoms with Crippen LogP contribution in [0.3, 0.4) is 0 Å². The summed E-state index contributed by atoms with van der Waals surface area (Å²) in [4.78, 5) is 0. The Kier molecular flexibility index (Phi) is 5.62. The van der Waals surface area contributed by atoms with Crippen LogP contribution in [0.4, 0.5) is 0 Å². The zero-order chi connectivity index (χ0) is 14.2. The number of aromatic nitrogens is 2. The van der Waals surface area contributed by atoms with Crippen molar-refractivity contribution in [3.63, 3.8) is 0 Å². The molecule has 0 saturated carbocycles. The molecule has 4 nitrogen and oxygen atoms in total. The van der Waals surface area contributed by atoms with E-state index in [0.717, 1.165) is 25.3 Å². The molecule has 1 aromatic carbocycles. The van der Waals surface area contributed by atoms with E-state index in [0.29, 0.717) is 6.61 Å². The zero-order valence-corrected chi connectivity index (χ0v) is 12.3. The van der Waals surface area contributed by atoms with Crippen LogP contribution in [0.25, 0.3) is 0 Å². The quantitative estimate of drug-likeness (QED) is 0.751. The molecule has 0 bridgehead atoms. The van der Waals surface area contributed by atoms with Gasteiger partial charge in [0.25, 0.3) is 0 Å². The van der Waals surface area contributed by atoms with E-state index in [1.807, 2.05) is 13.2 Å². The fraction of sp³-hybridized carbons (Fsp3) is 0.438. The van der Waals surface area contributed by atoms with Gasteiger partial charge in [0.15, 0.2) is 5.75 Å². The molecular formula is C16H23N3O. The summed E-state index contributed by atoms with van der Waals surface area (Å²) in [5.41, 5.74) is 2.59. The molecule has 0 spiro atoms. The first-order valence-corrected chi connectivity index (χ1v) is 7.18. The van der Waals surface area contributed by atoms with E-state index in [4.69, 9.17) is 4.74 Å². The first-order chi connectivity index (χ1) is 9.79. The molecule has 0 saturated heterocycles. The molecular weight excluding hydrogens is 250 g/mol. The van der Waals surface area contributed by atoms with Crippen LogP contribution in [0.1, 0.15) is 24.5 Å². The number of nitrogens with one attached hydrogen (secondary N) is 1. The van der Waals surface area contributed by atoms with Crippen molar-refractivity contribution >= 4 is 0 Å². The standard InChI is InChI=1S/C16H23N3O/c1-3-9-17-10-8-14-6-4-5-7-15(14)13-20-16-11-18-19(2)12-16/h4-7,11-12,17H,3,8-10,13H2,1-2H3. The molecule has 1 heterocycles. The summed E-state index contributed by atoms with van der Waals surface area (Å²) < 4.78 is 7.52. The number of nitrogens with zero attached hydrogens (tertiary/aromatic N) is 2. The lowest BCUT2D eigenvalue weighted by atomic mass is 10.1. The van der Waals surface area contributed by atoms with E-state index in [-0.39, 0.29) is 0 Å². The van der Waals surface area contributed by atoms with Gasteiger partial charge < -0.3 is 10.1 Å². The normalized spacial score (nSPS) is 10.7. The number of aryl methyl sites for hydroxylation is 1. The van der Waals surface area contributed by atoms with Crippen molar-refractivity contribution in [3.05, 3.63) is 47.8 Å². The highest BCUT2D eigenvalue weighted by Gasteiger charge is 2.03. The Hall–Kier alpha value is -1.81. The lowest BCUT2D eigenvalue weighted by molar-refractivity contribution is 0.304. The molecule has 0 radical (unpaired) electrons. The first kappa shape index (κ1) is 14.6. The van der Waals surface area contributed by atoms with Gasteiger partial charge in [0, 0.05) is 7.05 Å². The van der Waals surface area contributed by atoms with Crippen molar-refractivity contribution in [3.8, 4) is 5.75 Å². The monoisotopic (exact) mass is 273 g/mol. The average molecular weight is 273 g/mol. The van der Waals surface area contributed by atoms with Crippen LogP contribution in [0.5, 0.6) is 5.75 Å². The maximum absolute atomic E-state index is 5.78. The Balaban J connectivity index is 1.90. The second kappa shape index (κ2) is 7.70. The van der Waals surface area contributed by atoms with Crippen LogP contribution in [0, 0.1) is 0 Å². The van der Waals surface area contributed by atoms with Crippen LogP contribution in [0.2, 0.25) is 0 Å². The number of hydrogen-bond donors (Lipinski definition) is 1. The Bertz CT molecular complexity index is 522. The van der Waals surface area contributed by atoms with Crippen LogP contribution in [-0.4, -0.2) is 22.9 Å². The maximum Gasteiger partial charge on any atom is 0.157 e. The molecule has 20 heavy (non-hydrogen) atoms. The molecule has 4 heteroatoms. The molecule has 1 aromatic heterocycles. The zero-order valence-electron chi connectivity index (χ0n) is 12.3. The minimum Gasteiger partial charge on any atom is -0.486 e. The summed E-state index contributed by atoms with van der Waals surface area (Å²) in [6.07, 6.45) is 5.83. The SMILES string of the molecule is CCCNCCc1ccccc1COc1cnn(C)c1. The van der Waals surface area contributed by atoms with E-state index in [9.17, 15) is 0 Å². The molecule has 0 aliphatic rings. The lowest BCUT2D eigenvalue weighted by Crippen LogP contribution is -2.18. The molecule has 2 rings (SSSR count). The number of hydrogen-bond acceptors (Lipinski definition) is 3. The van der Waals surface area contributed by atoms with Crippen LogP contribution in [-0.2, 0) is 20.1 Å². The van der Waals surface area contributed by atoms with Gasteiger partial charge in [-0.2, -0.15) is 5.10 Å². The van der Waals surface area contributed by atoms with E-state index in [1.165, 1.54) is 17.5 Å². The largest absolute Gasteiger partial charge is 0.486 e. The topological polar surface area (TPSA) is 39.1 Å². The Morgan fingerprint density at radius 3 is 2.70 bits per heavy atom. The predicted molar refractivity (Wildman–Crippen MR) is 80.8 cm³/mol. The maximum atomic E-state index is 5.78. The summed E-state index contributed by atoms with van der Waals surface area (Å²) >= 11 is 0. The molecule has 0 amide bonds. The van der Waals surface area contributed by atoms with Crippen molar-refractivity contribution in [1.29, 1.82) is 0 Å². The van der Waals surface area contributed by atoms with Crippen molar-refractivity contribution in [2.45, 2.75) is 26.4 Å². The highest BCUT2D eigenvalue weighted by atomic mass is 16.5. The number of rotatable bonds is 8. The highest BCUT2D eigenvalue weighted by Crippen LogP contribution is 2.14. The third kappa shape index (κ3) is 4.38. The molecule has 0 unspecified atom stereocenters. The van der Waals surface area contributed by atoms with Gasteiger partial charge in [0.1, 0.15) is 6.61 Å². The molecule has 2 aromatic rings. The minimum atomic E-state index is 0.593. The summed E-state index contributed by atoms with van der Waals surface area (Å²) in [6.45, 7) is 4.87. The minimum absolute atomic E-state index is 0.593. The Morgan fingerprint density at radius 2 is 2.00 bits per heavy atom. The smallest absolute Gasteiger partial charge is 0.157 e. The van der Waals surface area contributed by atoms with Gasteiger partial charge in [0.2, 0.25) is 0 Å². The molecule has 108 valence electrons. The Morgan fingerprint density at radius 1 is 1.20 bits per heavy atom. The molecule has 0 fully saturated rings. The van der Waals surface area contributed by atoms with Crippen LogP contribution >= 0.6 is 0 Å². The third-order valence-corrected chi connectivity index (χ3v) is 3.19. The predicted octanol–water partition coefficient (Wildman–Crippen LogP) is 2.54. The summed E-state index contributed by atoms with van der Waals surface area (Å²) in [5.74, 6) is 0.811. The molecule has 0 aliphatic heterocycles. The van der Waals surface area contributed by atoms with Gasteiger partial charge in [-0.05, 0) is 37.1 Å². The van der Waals surface area contributed by atoms with Crippen LogP contribution in [0.15, 0.2) is 36.7 Å². The lowest BCUT2D eigenvalue weighted by Gasteiger charge is -2.10. The third-order valence-electron chi connectivity index (χ3n) is 3.19. The number of benzene rings is 1. The summed E-state index contributed by atoms with van der Waals surface area (Å²) in [5, 5.41) is 7.54. The molecule has 0 atom stereocenters. The van der Waals surface area contributed by atoms with E-state index < -0.39 is 0 Å². The highest BCUT2D eigenvalue weighted by molar-refractivity contribution is 5.27. The average Bonchev–Trinajstić information content (AvgIpc) is 2.88. The summed E-state index contributed by atoms with van der Waals surface area (Å²) in [7, 11) is 1.89. The fourth-order valence-electron chi connectivity index (χ4n) is 2.10. The van der Waals surface area contributed by atoms with Crippen molar-refractivity contribution in [1.82, 2.24) is 15.1 Å². The molecule has 0 aliphatic carbocycles.